The molecule has 0 unspecified atom stereocenters. The van der Waals surface area contributed by atoms with Crippen molar-refractivity contribution in [3.05, 3.63) is 35.9 Å². The Morgan fingerprint density at radius 2 is 1.42 bits per heavy atom. The van der Waals surface area contributed by atoms with E-state index in [2.05, 4.69) is 52.0 Å². The van der Waals surface area contributed by atoms with Gasteiger partial charge in [0.1, 0.15) is 0 Å². The average Bonchev–Trinajstić information content (AvgIpc) is 2.70. The second-order valence-electron chi connectivity index (χ2n) is 8.99. The van der Waals surface area contributed by atoms with E-state index in [1.807, 2.05) is 0 Å². The van der Waals surface area contributed by atoms with Gasteiger partial charge < -0.3 is 0 Å². The molecule has 2 aliphatic heterocycles. The fourth-order valence-corrected chi connectivity index (χ4v) is 5.49. The molecule has 2 heterocycles. The van der Waals surface area contributed by atoms with Gasteiger partial charge >= 0.3 is 0 Å². The number of likely N-dealkylation sites (tertiary alicyclic amines) is 1. The van der Waals surface area contributed by atoms with Crippen molar-refractivity contribution >= 4 is 0 Å². The summed E-state index contributed by atoms with van der Waals surface area (Å²) in [6, 6.07) is 12.7. The lowest BCUT2D eigenvalue weighted by Crippen LogP contribution is -2.55. The zero-order valence-electron chi connectivity index (χ0n) is 16.7. The number of nitrogens with zero attached hydrogens (tertiary/aromatic N) is 3. The van der Waals surface area contributed by atoms with E-state index < -0.39 is 0 Å². The van der Waals surface area contributed by atoms with Gasteiger partial charge in [-0.05, 0) is 50.3 Å². The average molecular weight is 356 g/mol. The van der Waals surface area contributed by atoms with Gasteiger partial charge in [-0.2, -0.15) is 0 Å². The van der Waals surface area contributed by atoms with Crippen molar-refractivity contribution in [3.8, 4) is 0 Å². The molecule has 0 amide bonds. The van der Waals surface area contributed by atoms with Gasteiger partial charge in [-0.15, -0.1) is 0 Å². The lowest BCUT2D eigenvalue weighted by atomic mass is 9.86. The van der Waals surface area contributed by atoms with Gasteiger partial charge in [0.2, 0.25) is 0 Å². The van der Waals surface area contributed by atoms with Crippen LogP contribution in [0.25, 0.3) is 0 Å². The molecule has 2 atom stereocenters. The zero-order chi connectivity index (χ0) is 17.8. The molecular formula is C23H37N3. The first-order valence-electron chi connectivity index (χ1n) is 11.0. The normalized spacial score (nSPS) is 30.5. The summed E-state index contributed by atoms with van der Waals surface area (Å²) in [5.41, 5.74) is 1.46. The van der Waals surface area contributed by atoms with Gasteiger partial charge in [-0.1, -0.05) is 50.1 Å². The smallest absolute Gasteiger partial charge is 0.0233 e. The van der Waals surface area contributed by atoms with Crippen LogP contribution in [0, 0.1) is 5.92 Å². The van der Waals surface area contributed by atoms with Crippen LogP contribution in [0.15, 0.2) is 30.3 Å². The third-order valence-corrected chi connectivity index (χ3v) is 7.10. The summed E-state index contributed by atoms with van der Waals surface area (Å²) in [4.78, 5) is 8.27. The zero-order valence-corrected chi connectivity index (χ0v) is 16.7. The number of rotatable bonds is 4. The van der Waals surface area contributed by atoms with Crippen LogP contribution in [0.4, 0.5) is 0 Å². The Hall–Kier alpha value is -0.900. The van der Waals surface area contributed by atoms with Crippen LogP contribution in [0.5, 0.6) is 0 Å². The predicted octanol–water partition coefficient (Wildman–Crippen LogP) is 3.85. The van der Waals surface area contributed by atoms with Crippen LogP contribution in [0.1, 0.15) is 51.0 Å². The maximum absolute atomic E-state index is 2.82. The molecule has 144 valence electrons. The Labute approximate surface area is 160 Å². The predicted molar refractivity (Wildman–Crippen MR) is 109 cm³/mol. The standard InChI is InChI=1S/C23H37N3/c1-20-6-5-9-23(18-20)26-16-14-25(15-17-26)22-10-12-24(13-11-22)19-21-7-3-2-4-8-21/h2-4,7-8,20,22-23H,5-6,9-19H2,1H3/t20-,23-/m1/s1. The van der Waals surface area contributed by atoms with Crippen LogP contribution in [-0.2, 0) is 6.54 Å². The first-order chi connectivity index (χ1) is 12.8. The Bertz CT molecular complexity index is 530. The van der Waals surface area contributed by atoms with Gasteiger partial charge in [0.05, 0.1) is 0 Å². The Morgan fingerprint density at radius 3 is 2.08 bits per heavy atom. The van der Waals surface area contributed by atoms with E-state index in [1.165, 1.54) is 83.4 Å². The minimum atomic E-state index is 0.828. The first kappa shape index (κ1) is 18.5. The maximum atomic E-state index is 2.82. The Kier molecular flexibility index (Phi) is 6.29. The van der Waals surface area contributed by atoms with Crippen LogP contribution < -0.4 is 0 Å². The van der Waals surface area contributed by atoms with Gasteiger partial charge in [0.25, 0.3) is 0 Å². The first-order valence-corrected chi connectivity index (χ1v) is 11.0. The summed E-state index contributed by atoms with van der Waals surface area (Å²) >= 11 is 0. The summed E-state index contributed by atoms with van der Waals surface area (Å²) in [7, 11) is 0. The number of hydrogen-bond donors (Lipinski definition) is 0. The van der Waals surface area contributed by atoms with E-state index in [4.69, 9.17) is 0 Å². The molecule has 0 spiro atoms. The van der Waals surface area contributed by atoms with E-state index >= 15 is 0 Å². The topological polar surface area (TPSA) is 9.72 Å². The highest BCUT2D eigenvalue weighted by Crippen LogP contribution is 2.28. The summed E-state index contributed by atoms with van der Waals surface area (Å²) in [6.07, 6.45) is 8.50. The van der Waals surface area contributed by atoms with Crippen LogP contribution in [-0.4, -0.2) is 66.1 Å². The van der Waals surface area contributed by atoms with Crippen molar-refractivity contribution in [2.24, 2.45) is 5.92 Å². The van der Waals surface area contributed by atoms with Crippen molar-refractivity contribution in [2.75, 3.05) is 39.3 Å². The number of benzene rings is 1. The largest absolute Gasteiger partial charge is 0.299 e. The lowest BCUT2D eigenvalue weighted by Gasteiger charge is -2.46. The highest BCUT2D eigenvalue weighted by Gasteiger charge is 2.31. The van der Waals surface area contributed by atoms with Crippen molar-refractivity contribution in [3.63, 3.8) is 0 Å². The highest BCUT2D eigenvalue weighted by molar-refractivity contribution is 5.14. The molecule has 2 saturated heterocycles. The van der Waals surface area contributed by atoms with Gasteiger partial charge in [0, 0.05) is 44.8 Å². The summed E-state index contributed by atoms with van der Waals surface area (Å²) in [5, 5.41) is 0. The molecule has 0 radical (unpaired) electrons. The minimum Gasteiger partial charge on any atom is -0.299 e. The molecule has 0 bridgehead atoms. The molecular weight excluding hydrogens is 318 g/mol. The summed E-state index contributed by atoms with van der Waals surface area (Å²) in [5.74, 6) is 0.945. The van der Waals surface area contributed by atoms with Gasteiger partial charge in [-0.3, -0.25) is 14.7 Å². The van der Waals surface area contributed by atoms with Crippen molar-refractivity contribution in [2.45, 2.75) is 64.1 Å². The van der Waals surface area contributed by atoms with E-state index in [-0.39, 0.29) is 0 Å². The molecule has 3 fully saturated rings. The minimum absolute atomic E-state index is 0.828. The van der Waals surface area contributed by atoms with E-state index in [0.717, 1.165) is 24.5 Å². The Balaban J connectivity index is 1.20. The van der Waals surface area contributed by atoms with Crippen molar-refractivity contribution in [1.29, 1.82) is 0 Å². The fourth-order valence-electron chi connectivity index (χ4n) is 5.49. The molecule has 1 aliphatic carbocycles. The summed E-state index contributed by atoms with van der Waals surface area (Å²) < 4.78 is 0. The second kappa shape index (κ2) is 8.86. The highest BCUT2D eigenvalue weighted by atomic mass is 15.3. The van der Waals surface area contributed by atoms with Crippen LogP contribution in [0.3, 0.4) is 0 Å². The molecule has 3 aliphatic rings. The van der Waals surface area contributed by atoms with Crippen LogP contribution in [0.2, 0.25) is 0 Å². The molecule has 4 rings (SSSR count). The van der Waals surface area contributed by atoms with Crippen LogP contribution >= 0.6 is 0 Å². The third kappa shape index (κ3) is 4.68. The SMILES string of the molecule is C[C@@H]1CCC[C@@H](N2CCN(C3CCN(Cc4ccccc4)CC3)CC2)C1. The van der Waals surface area contributed by atoms with E-state index in [9.17, 15) is 0 Å². The lowest BCUT2D eigenvalue weighted by molar-refractivity contribution is 0.0290. The van der Waals surface area contributed by atoms with Gasteiger partial charge in [-0.25, -0.2) is 0 Å². The molecule has 1 aromatic rings. The maximum Gasteiger partial charge on any atom is 0.0233 e. The molecule has 26 heavy (non-hydrogen) atoms. The fraction of sp³-hybridized carbons (Fsp3) is 0.739. The van der Waals surface area contributed by atoms with Crippen molar-refractivity contribution in [1.82, 2.24) is 14.7 Å². The molecule has 3 heteroatoms. The Morgan fingerprint density at radius 1 is 0.769 bits per heavy atom. The third-order valence-electron chi connectivity index (χ3n) is 7.10. The molecule has 0 aromatic heterocycles. The number of hydrogen-bond acceptors (Lipinski definition) is 3. The van der Waals surface area contributed by atoms with E-state index in [1.54, 1.807) is 0 Å². The molecule has 0 N–H and O–H groups in total. The van der Waals surface area contributed by atoms with Crippen molar-refractivity contribution < 1.29 is 0 Å². The molecule has 3 nitrogen and oxygen atoms in total. The quantitative estimate of drug-likeness (QED) is 0.812. The molecule has 1 aromatic carbocycles. The summed E-state index contributed by atoms with van der Waals surface area (Å²) in [6.45, 7) is 11.3. The van der Waals surface area contributed by atoms with E-state index in [0.29, 0.717) is 0 Å². The number of piperidine rings is 1. The second-order valence-corrected chi connectivity index (χ2v) is 8.99. The monoisotopic (exact) mass is 355 g/mol. The number of piperazine rings is 1. The van der Waals surface area contributed by atoms with Gasteiger partial charge in [0.15, 0.2) is 0 Å². The molecule has 1 saturated carbocycles.